The van der Waals surface area contributed by atoms with Gasteiger partial charge in [0.1, 0.15) is 12.4 Å². The van der Waals surface area contributed by atoms with Gasteiger partial charge >= 0.3 is 0 Å². The lowest BCUT2D eigenvalue weighted by molar-refractivity contribution is 0.320. The maximum atomic E-state index is 5.77. The molecule has 2 N–H and O–H groups in total. The van der Waals surface area contributed by atoms with Crippen molar-refractivity contribution in [3.63, 3.8) is 0 Å². The van der Waals surface area contributed by atoms with Crippen LogP contribution >= 0.6 is 0 Å². The summed E-state index contributed by atoms with van der Waals surface area (Å²) in [7, 11) is 0. The molecule has 23 heavy (non-hydrogen) atoms. The van der Waals surface area contributed by atoms with Crippen LogP contribution in [0.25, 0.3) is 0 Å². The second-order valence-corrected chi connectivity index (χ2v) is 5.06. The fourth-order valence-corrected chi connectivity index (χ4v) is 2.04. The summed E-state index contributed by atoms with van der Waals surface area (Å²) in [4.78, 5) is 8.79. The number of rotatable bonds is 7. The highest BCUT2D eigenvalue weighted by molar-refractivity contribution is 5.79. The minimum Gasteiger partial charge on any atom is -0.491 e. The topological polar surface area (TPSA) is 58.5 Å². The molecule has 0 radical (unpaired) electrons. The van der Waals surface area contributed by atoms with E-state index in [-0.39, 0.29) is 0 Å². The van der Waals surface area contributed by atoms with Crippen molar-refractivity contribution in [2.75, 3.05) is 19.7 Å². The van der Waals surface area contributed by atoms with Crippen LogP contribution in [0.4, 0.5) is 0 Å². The first-order valence-corrected chi connectivity index (χ1v) is 7.90. The molecule has 0 atom stereocenters. The van der Waals surface area contributed by atoms with Crippen LogP contribution in [0.2, 0.25) is 0 Å². The molecule has 0 amide bonds. The van der Waals surface area contributed by atoms with Crippen molar-refractivity contribution >= 4 is 5.96 Å². The van der Waals surface area contributed by atoms with E-state index < -0.39 is 0 Å². The summed E-state index contributed by atoms with van der Waals surface area (Å²) >= 11 is 0. The molecule has 1 aromatic carbocycles. The number of para-hydroxylation sites is 1. The van der Waals surface area contributed by atoms with E-state index in [2.05, 4.69) is 20.6 Å². The number of pyridine rings is 1. The molecule has 2 aromatic rings. The van der Waals surface area contributed by atoms with E-state index in [1.54, 1.807) is 6.20 Å². The van der Waals surface area contributed by atoms with Gasteiger partial charge in [0.05, 0.1) is 18.8 Å². The number of nitrogens with zero attached hydrogens (tertiary/aromatic N) is 2. The lowest BCUT2D eigenvalue weighted by Crippen LogP contribution is -2.39. The number of aromatic nitrogens is 1. The van der Waals surface area contributed by atoms with E-state index in [4.69, 9.17) is 4.74 Å². The molecular formula is C18H24N4O. The molecule has 0 unspecified atom stereocenters. The predicted octanol–water partition coefficient (Wildman–Crippen LogP) is 2.52. The molecule has 122 valence electrons. The van der Waals surface area contributed by atoms with Crippen LogP contribution in [0.1, 0.15) is 18.2 Å². The SMILES string of the molecule is CCNC(=NCc1ccccn1)NCCOc1ccccc1C. The second kappa shape index (κ2) is 9.46. The van der Waals surface area contributed by atoms with Gasteiger partial charge < -0.3 is 15.4 Å². The van der Waals surface area contributed by atoms with Gasteiger partial charge in [-0.1, -0.05) is 24.3 Å². The van der Waals surface area contributed by atoms with Gasteiger partial charge in [0.15, 0.2) is 5.96 Å². The van der Waals surface area contributed by atoms with Crippen LogP contribution in [-0.4, -0.2) is 30.6 Å². The van der Waals surface area contributed by atoms with Gasteiger partial charge in [-0.25, -0.2) is 4.99 Å². The number of ether oxygens (including phenoxy) is 1. The number of guanidine groups is 1. The quantitative estimate of drug-likeness (QED) is 0.468. The summed E-state index contributed by atoms with van der Waals surface area (Å²) in [5.74, 6) is 1.69. The van der Waals surface area contributed by atoms with Gasteiger partial charge in [0.2, 0.25) is 0 Å². The van der Waals surface area contributed by atoms with Crippen LogP contribution in [0.5, 0.6) is 5.75 Å². The number of benzene rings is 1. The number of hydrogen-bond acceptors (Lipinski definition) is 3. The van der Waals surface area contributed by atoms with Gasteiger partial charge in [-0.15, -0.1) is 0 Å². The molecule has 0 saturated carbocycles. The molecule has 5 nitrogen and oxygen atoms in total. The smallest absolute Gasteiger partial charge is 0.191 e. The van der Waals surface area contributed by atoms with Crippen LogP contribution < -0.4 is 15.4 Å². The predicted molar refractivity (Wildman–Crippen MR) is 93.7 cm³/mol. The Bertz CT molecular complexity index is 613. The zero-order valence-corrected chi connectivity index (χ0v) is 13.7. The fourth-order valence-electron chi connectivity index (χ4n) is 2.04. The van der Waals surface area contributed by atoms with Crippen LogP contribution in [0, 0.1) is 6.92 Å². The molecule has 1 heterocycles. The summed E-state index contributed by atoms with van der Waals surface area (Å²) in [6, 6.07) is 13.8. The Labute approximate surface area is 137 Å². The minimum atomic E-state index is 0.550. The Morgan fingerprint density at radius 2 is 1.96 bits per heavy atom. The lowest BCUT2D eigenvalue weighted by atomic mass is 10.2. The third kappa shape index (κ3) is 5.98. The first-order chi connectivity index (χ1) is 11.3. The summed E-state index contributed by atoms with van der Waals surface area (Å²) in [6.45, 7) is 6.71. The second-order valence-electron chi connectivity index (χ2n) is 5.06. The van der Waals surface area contributed by atoms with Crippen molar-refractivity contribution in [3.05, 3.63) is 59.9 Å². The van der Waals surface area contributed by atoms with Gasteiger partial charge in [0, 0.05) is 12.7 Å². The average molecular weight is 312 g/mol. The molecule has 0 fully saturated rings. The number of aryl methyl sites for hydroxylation is 1. The largest absolute Gasteiger partial charge is 0.491 e. The van der Waals surface area contributed by atoms with Crippen LogP contribution in [0.15, 0.2) is 53.7 Å². The van der Waals surface area contributed by atoms with E-state index in [9.17, 15) is 0 Å². The molecule has 0 saturated heterocycles. The molecule has 2 rings (SSSR count). The molecule has 0 aliphatic carbocycles. The highest BCUT2D eigenvalue weighted by Crippen LogP contribution is 2.15. The van der Waals surface area contributed by atoms with Gasteiger partial charge in [-0.05, 0) is 37.6 Å². The highest BCUT2D eigenvalue weighted by atomic mass is 16.5. The van der Waals surface area contributed by atoms with Crippen molar-refractivity contribution in [1.29, 1.82) is 0 Å². The normalized spacial score (nSPS) is 11.1. The van der Waals surface area contributed by atoms with Gasteiger partial charge in [0.25, 0.3) is 0 Å². The molecule has 0 spiro atoms. The molecule has 1 aromatic heterocycles. The lowest BCUT2D eigenvalue weighted by Gasteiger charge is -2.13. The Morgan fingerprint density at radius 1 is 1.13 bits per heavy atom. The Morgan fingerprint density at radius 3 is 2.70 bits per heavy atom. The fraction of sp³-hybridized carbons (Fsp3) is 0.333. The minimum absolute atomic E-state index is 0.550. The Balaban J connectivity index is 1.79. The first-order valence-electron chi connectivity index (χ1n) is 7.90. The standard InChI is InChI=1S/C18H24N4O/c1-3-19-18(22-14-16-9-6-7-11-20-16)21-12-13-23-17-10-5-4-8-15(17)2/h4-11H,3,12-14H2,1-2H3,(H2,19,21,22). The molecule has 5 heteroatoms. The first kappa shape index (κ1) is 16.8. The zero-order chi connectivity index (χ0) is 16.3. The number of hydrogen-bond donors (Lipinski definition) is 2. The number of nitrogens with one attached hydrogen (secondary N) is 2. The van der Waals surface area contributed by atoms with Gasteiger partial charge in [-0.2, -0.15) is 0 Å². The highest BCUT2D eigenvalue weighted by Gasteiger charge is 2.00. The summed E-state index contributed by atoms with van der Waals surface area (Å²) in [5.41, 5.74) is 2.09. The Hall–Kier alpha value is -2.56. The average Bonchev–Trinajstić information content (AvgIpc) is 2.59. The van der Waals surface area contributed by atoms with Crippen molar-refractivity contribution in [2.24, 2.45) is 4.99 Å². The zero-order valence-electron chi connectivity index (χ0n) is 13.7. The molecule has 0 aliphatic rings. The molecule has 0 aliphatic heterocycles. The van der Waals surface area contributed by atoms with Crippen molar-refractivity contribution in [1.82, 2.24) is 15.6 Å². The van der Waals surface area contributed by atoms with Crippen LogP contribution in [0.3, 0.4) is 0 Å². The van der Waals surface area contributed by atoms with Gasteiger partial charge in [-0.3, -0.25) is 4.98 Å². The maximum Gasteiger partial charge on any atom is 0.191 e. The molecule has 0 bridgehead atoms. The summed E-state index contributed by atoms with van der Waals surface area (Å²) in [5, 5.41) is 6.49. The van der Waals surface area contributed by atoms with Crippen LogP contribution in [-0.2, 0) is 6.54 Å². The van der Waals surface area contributed by atoms with E-state index in [1.165, 1.54) is 0 Å². The summed E-state index contributed by atoms with van der Waals surface area (Å²) < 4.78 is 5.77. The monoisotopic (exact) mass is 312 g/mol. The Kier molecular flexibility index (Phi) is 6.91. The van der Waals surface area contributed by atoms with Crippen molar-refractivity contribution < 1.29 is 4.74 Å². The third-order valence-corrected chi connectivity index (χ3v) is 3.22. The maximum absolute atomic E-state index is 5.77. The van der Waals surface area contributed by atoms with E-state index in [0.717, 1.165) is 29.5 Å². The summed E-state index contributed by atoms with van der Waals surface area (Å²) in [6.07, 6.45) is 1.78. The van der Waals surface area contributed by atoms with Crippen molar-refractivity contribution in [2.45, 2.75) is 20.4 Å². The van der Waals surface area contributed by atoms with E-state index in [0.29, 0.717) is 19.7 Å². The van der Waals surface area contributed by atoms with Crippen molar-refractivity contribution in [3.8, 4) is 5.75 Å². The molecular weight excluding hydrogens is 288 g/mol. The van der Waals surface area contributed by atoms with E-state index in [1.807, 2.05) is 56.3 Å². The third-order valence-electron chi connectivity index (χ3n) is 3.22. The number of aliphatic imine (C=N–C) groups is 1. The van der Waals surface area contributed by atoms with E-state index >= 15 is 0 Å².